The summed E-state index contributed by atoms with van der Waals surface area (Å²) in [7, 11) is 0. The third-order valence-corrected chi connectivity index (χ3v) is 14.7. The molecule has 4 aliphatic carbocycles. The van der Waals surface area contributed by atoms with Gasteiger partial charge in [-0.25, -0.2) is 0 Å². The van der Waals surface area contributed by atoms with Crippen molar-refractivity contribution >= 4 is 5.97 Å². The first kappa shape index (κ1) is 29.4. The monoisotopic (exact) mass is 557 g/mol. The molecule has 5 nitrogen and oxygen atoms in total. The topological polar surface area (TPSA) is 67.8 Å². The van der Waals surface area contributed by atoms with Gasteiger partial charge in [0, 0.05) is 5.41 Å². The molecule has 40 heavy (non-hydrogen) atoms. The second kappa shape index (κ2) is 9.42. The number of hydrogen-bond donors (Lipinski definition) is 2. The van der Waals surface area contributed by atoms with Crippen LogP contribution in [0.15, 0.2) is 0 Å². The number of aliphatic hydroxyl groups excluding tert-OH is 1. The minimum atomic E-state index is -0.274. The van der Waals surface area contributed by atoms with Crippen LogP contribution in [0, 0.1) is 45.3 Å². The van der Waals surface area contributed by atoms with Crippen LogP contribution in [0.3, 0.4) is 0 Å². The van der Waals surface area contributed by atoms with Crippen LogP contribution in [0.4, 0.5) is 0 Å². The molecule has 5 heteroatoms. The van der Waals surface area contributed by atoms with Crippen molar-refractivity contribution in [2.45, 2.75) is 162 Å². The number of esters is 1. The average molecular weight is 558 g/mol. The van der Waals surface area contributed by atoms with Crippen LogP contribution in [-0.4, -0.2) is 47.1 Å². The molecule has 0 bridgehead atoms. The molecule has 0 aromatic rings. The molecule has 2 heterocycles. The Morgan fingerprint density at radius 2 is 1.55 bits per heavy atom. The Balaban J connectivity index is 1.27. The lowest BCUT2D eigenvalue weighted by Crippen LogP contribution is -2.67. The number of ether oxygens (including phenoxy) is 2. The van der Waals surface area contributed by atoms with Crippen LogP contribution in [0.2, 0.25) is 0 Å². The van der Waals surface area contributed by atoms with Gasteiger partial charge in [0.15, 0.2) is 0 Å². The maximum atomic E-state index is 13.0. The molecule has 11 atom stereocenters. The van der Waals surface area contributed by atoms with E-state index >= 15 is 0 Å². The standard InChI is InChI=1S/C35H59NO4/c1-30(2)15-10-16-35(8,40-30)22-12-18-34(7)28(22)24(37)21-26-32(5)17-14-27(39-29(38)23-11-9-20-36-23)31(3,4)25(32)13-19-33(26,34)6/h22-28,36-37H,9-21H2,1-8H3/t22-,23?,24+,25-,26+,27-,28-,32-,33+,34+,35+/m0/s1. The van der Waals surface area contributed by atoms with Crippen molar-refractivity contribution in [1.82, 2.24) is 5.32 Å². The fourth-order valence-electron chi connectivity index (χ4n) is 12.6. The smallest absolute Gasteiger partial charge is 0.323 e. The Kier molecular flexibility index (Phi) is 6.93. The van der Waals surface area contributed by atoms with Crippen molar-refractivity contribution in [1.29, 1.82) is 0 Å². The number of aliphatic hydroxyl groups is 1. The maximum absolute atomic E-state index is 13.0. The molecule has 0 radical (unpaired) electrons. The second-order valence-electron chi connectivity index (χ2n) is 17.4. The molecule has 2 saturated heterocycles. The second-order valence-corrected chi connectivity index (χ2v) is 17.4. The maximum Gasteiger partial charge on any atom is 0.323 e. The van der Waals surface area contributed by atoms with Crippen LogP contribution < -0.4 is 5.32 Å². The summed E-state index contributed by atoms with van der Waals surface area (Å²) in [4.78, 5) is 13.0. The normalized spacial score (nSPS) is 53.3. The highest BCUT2D eigenvalue weighted by atomic mass is 16.5. The Labute approximate surface area is 244 Å². The number of carbonyl (C=O) groups excluding carboxylic acids is 1. The lowest BCUT2D eigenvalue weighted by molar-refractivity contribution is -0.259. The zero-order valence-corrected chi connectivity index (χ0v) is 26.9. The zero-order valence-electron chi connectivity index (χ0n) is 26.9. The van der Waals surface area contributed by atoms with E-state index in [2.05, 4.69) is 60.7 Å². The molecule has 228 valence electrons. The highest BCUT2D eigenvalue weighted by molar-refractivity contribution is 5.76. The highest BCUT2D eigenvalue weighted by Crippen LogP contribution is 2.76. The van der Waals surface area contributed by atoms with E-state index in [4.69, 9.17) is 9.47 Å². The van der Waals surface area contributed by atoms with E-state index in [-0.39, 0.29) is 57.1 Å². The van der Waals surface area contributed by atoms with Crippen LogP contribution in [0.25, 0.3) is 0 Å². The molecule has 4 saturated carbocycles. The predicted molar refractivity (Wildman–Crippen MR) is 159 cm³/mol. The predicted octanol–water partition coefficient (Wildman–Crippen LogP) is 7.04. The molecule has 0 spiro atoms. The first-order valence-corrected chi connectivity index (χ1v) is 16.9. The van der Waals surface area contributed by atoms with E-state index in [0.29, 0.717) is 23.7 Å². The van der Waals surface area contributed by atoms with Crippen molar-refractivity contribution in [2.75, 3.05) is 6.54 Å². The Hall–Kier alpha value is -0.650. The van der Waals surface area contributed by atoms with Gasteiger partial charge in [0.2, 0.25) is 0 Å². The molecular formula is C35H59NO4. The molecule has 0 aromatic carbocycles. The van der Waals surface area contributed by atoms with E-state index < -0.39 is 0 Å². The lowest BCUT2D eigenvalue weighted by atomic mass is 9.35. The van der Waals surface area contributed by atoms with Gasteiger partial charge < -0.3 is 19.9 Å². The fraction of sp³-hybridized carbons (Fsp3) is 0.971. The number of hydrogen-bond acceptors (Lipinski definition) is 5. The largest absolute Gasteiger partial charge is 0.461 e. The zero-order chi connectivity index (χ0) is 28.9. The van der Waals surface area contributed by atoms with Gasteiger partial charge in [0.25, 0.3) is 0 Å². The van der Waals surface area contributed by atoms with Gasteiger partial charge in [-0.1, -0.05) is 34.6 Å². The fourth-order valence-corrected chi connectivity index (χ4v) is 12.6. The van der Waals surface area contributed by atoms with Crippen molar-refractivity contribution in [3.63, 3.8) is 0 Å². The van der Waals surface area contributed by atoms with Crippen molar-refractivity contribution in [3.05, 3.63) is 0 Å². The molecule has 2 aliphatic heterocycles. The molecule has 6 aliphatic rings. The molecule has 6 fully saturated rings. The van der Waals surface area contributed by atoms with Crippen LogP contribution in [0.1, 0.15) is 132 Å². The minimum Gasteiger partial charge on any atom is -0.461 e. The summed E-state index contributed by atoms with van der Waals surface area (Å²) in [5.74, 6) is 1.66. The lowest BCUT2D eigenvalue weighted by Gasteiger charge is -2.70. The summed E-state index contributed by atoms with van der Waals surface area (Å²) in [5.41, 5.74) is 0.163. The van der Waals surface area contributed by atoms with Gasteiger partial charge in [0.05, 0.1) is 17.3 Å². The highest BCUT2D eigenvalue weighted by Gasteiger charge is 2.72. The summed E-state index contributed by atoms with van der Waals surface area (Å²) in [6.45, 7) is 20.3. The summed E-state index contributed by atoms with van der Waals surface area (Å²) < 4.78 is 13.2. The summed E-state index contributed by atoms with van der Waals surface area (Å²) >= 11 is 0. The Bertz CT molecular complexity index is 1000. The van der Waals surface area contributed by atoms with Crippen molar-refractivity contribution in [3.8, 4) is 0 Å². The third-order valence-electron chi connectivity index (χ3n) is 14.7. The van der Waals surface area contributed by atoms with Gasteiger partial charge >= 0.3 is 5.97 Å². The van der Waals surface area contributed by atoms with E-state index in [0.717, 1.165) is 51.5 Å². The number of nitrogens with one attached hydrogen (secondary N) is 1. The van der Waals surface area contributed by atoms with E-state index in [1.54, 1.807) is 0 Å². The minimum absolute atomic E-state index is 0.0238. The molecule has 1 unspecified atom stereocenters. The van der Waals surface area contributed by atoms with Crippen molar-refractivity contribution in [2.24, 2.45) is 45.3 Å². The number of fused-ring (bicyclic) bond motifs is 5. The van der Waals surface area contributed by atoms with E-state index in [1.165, 1.54) is 32.1 Å². The first-order valence-electron chi connectivity index (χ1n) is 16.9. The summed E-state index contributed by atoms with van der Waals surface area (Å²) in [6.07, 6.45) is 12.8. The molecule has 2 N–H and O–H groups in total. The van der Waals surface area contributed by atoms with E-state index in [9.17, 15) is 9.90 Å². The van der Waals surface area contributed by atoms with Gasteiger partial charge in [-0.15, -0.1) is 0 Å². The summed E-state index contributed by atoms with van der Waals surface area (Å²) in [6, 6.07) is -0.125. The van der Waals surface area contributed by atoms with E-state index in [1.807, 2.05) is 0 Å². The molecule has 0 aromatic heterocycles. The molecular weight excluding hydrogens is 498 g/mol. The first-order chi connectivity index (χ1) is 18.6. The average Bonchev–Trinajstić information content (AvgIpc) is 3.51. The van der Waals surface area contributed by atoms with Crippen LogP contribution in [-0.2, 0) is 14.3 Å². The Morgan fingerprint density at radius 1 is 0.825 bits per heavy atom. The number of rotatable bonds is 3. The summed E-state index contributed by atoms with van der Waals surface area (Å²) in [5, 5.41) is 15.5. The van der Waals surface area contributed by atoms with Gasteiger partial charge in [0.1, 0.15) is 12.1 Å². The van der Waals surface area contributed by atoms with Gasteiger partial charge in [-0.05, 0) is 144 Å². The van der Waals surface area contributed by atoms with Crippen molar-refractivity contribution < 1.29 is 19.4 Å². The molecule has 6 rings (SSSR count). The van der Waals surface area contributed by atoms with Gasteiger partial charge in [-0.2, -0.15) is 0 Å². The number of carbonyl (C=O) groups is 1. The third kappa shape index (κ3) is 4.13. The van der Waals surface area contributed by atoms with Crippen LogP contribution >= 0.6 is 0 Å². The quantitative estimate of drug-likeness (QED) is 0.364. The van der Waals surface area contributed by atoms with Crippen LogP contribution in [0.5, 0.6) is 0 Å². The van der Waals surface area contributed by atoms with Gasteiger partial charge in [-0.3, -0.25) is 4.79 Å². The SMILES string of the molecule is CC1(C)CCC[C@](C)([C@H]2CC[C@]3(C)[C@@H]2[C@H](O)C[C@@H]2[C@@]4(C)CC[C@H](OC(=O)C5CCCN5)C(C)(C)[C@@H]4CC[C@]23C)O1. The Morgan fingerprint density at radius 3 is 2.23 bits per heavy atom. The molecule has 0 amide bonds.